The number of hydrogen-bond acceptors (Lipinski definition) is 5. The SMILES string of the molecule is CC(C)CCc1nc(CC(C)C)n(Cc2ccc(Cc3cccc(-c4nnn[nH]4)c3)cc2)n1. The highest BCUT2D eigenvalue weighted by molar-refractivity contribution is 5.55. The smallest absolute Gasteiger partial charge is 0.179 e. The van der Waals surface area contributed by atoms with Crippen molar-refractivity contribution in [2.24, 2.45) is 11.8 Å². The molecule has 0 bridgehead atoms. The Balaban J connectivity index is 1.45. The summed E-state index contributed by atoms with van der Waals surface area (Å²) in [6, 6.07) is 17.1. The molecule has 0 aliphatic carbocycles. The molecule has 0 spiro atoms. The molecule has 172 valence electrons. The van der Waals surface area contributed by atoms with Crippen LogP contribution < -0.4 is 0 Å². The molecule has 7 nitrogen and oxygen atoms in total. The second kappa shape index (κ2) is 10.5. The topological polar surface area (TPSA) is 85.2 Å². The average Bonchev–Trinajstić information content (AvgIpc) is 3.44. The predicted molar refractivity (Wildman–Crippen MR) is 130 cm³/mol. The molecule has 33 heavy (non-hydrogen) atoms. The van der Waals surface area contributed by atoms with Gasteiger partial charge in [0.2, 0.25) is 0 Å². The zero-order valence-electron chi connectivity index (χ0n) is 20.0. The highest BCUT2D eigenvalue weighted by Gasteiger charge is 2.13. The van der Waals surface area contributed by atoms with Gasteiger partial charge in [0.15, 0.2) is 11.6 Å². The summed E-state index contributed by atoms with van der Waals surface area (Å²) >= 11 is 0. The molecule has 4 rings (SSSR count). The predicted octanol–water partition coefficient (Wildman–Crippen LogP) is 4.88. The second-order valence-electron chi connectivity index (χ2n) is 9.58. The van der Waals surface area contributed by atoms with Gasteiger partial charge >= 0.3 is 0 Å². The maximum absolute atomic E-state index is 4.86. The molecule has 0 aliphatic rings. The molecule has 4 aromatic rings. The van der Waals surface area contributed by atoms with Gasteiger partial charge in [-0.1, -0.05) is 70.2 Å². The van der Waals surface area contributed by atoms with E-state index in [1.165, 1.54) is 16.7 Å². The molecule has 0 amide bonds. The lowest BCUT2D eigenvalue weighted by molar-refractivity contribution is 0.556. The first-order valence-electron chi connectivity index (χ1n) is 11.8. The van der Waals surface area contributed by atoms with Crippen molar-refractivity contribution in [3.63, 3.8) is 0 Å². The van der Waals surface area contributed by atoms with Crippen molar-refractivity contribution in [2.75, 3.05) is 0 Å². The fourth-order valence-electron chi connectivity index (χ4n) is 3.87. The molecule has 2 aromatic carbocycles. The standard InChI is InChI=1S/C26H33N7/c1-18(2)8-13-24-27-25(14-19(3)4)33(30-24)17-21-11-9-20(10-12-21)15-22-6-5-7-23(16-22)26-28-31-32-29-26/h5-7,9-12,16,18-19H,8,13-15,17H2,1-4H3,(H,28,29,31,32). The minimum atomic E-state index is 0.553. The summed E-state index contributed by atoms with van der Waals surface area (Å²) in [5.74, 6) is 3.96. The maximum Gasteiger partial charge on any atom is 0.179 e. The normalized spacial score (nSPS) is 11.6. The zero-order chi connectivity index (χ0) is 23.2. The Morgan fingerprint density at radius 1 is 0.909 bits per heavy atom. The summed E-state index contributed by atoms with van der Waals surface area (Å²) < 4.78 is 2.10. The van der Waals surface area contributed by atoms with Crippen molar-refractivity contribution < 1.29 is 0 Å². The molecule has 0 saturated heterocycles. The fourth-order valence-corrected chi connectivity index (χ4v) is 3.87. The summed E-state index contributed by atoms with van der Waals surface area (Å²) in [5, 5.41) is 19.0. The maximum atomic E-state index is 4.86. The van der Waals surface area contributed by atoms with E-state index in [1.54, 1.807) is 0 Å². The first-order chi connectivity index (χ1) is 16.0. The van der Waals surface area contributed by atoms with E-state index >= 15 is 0 Å². The first kappa shape index (κ1) is 22.8. The van der Waals surface area contributed by atoms with Gasteiger partial charge in [0.1, 0.15) is 5.82 Å². The van der Waals surface area contributed by atoms with Crippen molar-refractivity contribution in [1.82, 2.24) is 35.4 Å². The fraction of sp³-hybridized carbons (Fsp3) is 0.423. The van der Waals surface area contributed by atoms with Crippen LogP contribution >= 0.6 is 0 Å². The van der Waals surface area contributed by atoms with Gasteiger partial charge in [-0.15, -0.1) is 5.10 Å². The molecule has 0 saturated carbocycles. The Morgan fingerprint density at radius 3 is 2.39 bits per heavy atom. The molecule has 7 heteroatoms. The summed E-state index contributed by atoms with van der Waals surface area (Å²) in [7, 11) is 0. The van der Waals surface area contributed by atoms with Crippen LogP contribution in [0.25, 0.3) is 11.4 Å². The summed E-state index contributed by atoms with van der Waals surface area (Å²) in [6.45, 7) is 9.71. The van der Waals surface area contributed by atoms with E-state index in [4.69, 9.17) is 10.1 Å². The Bertz CT molecular complexity index is 1140. The van der Waals surface area contributed by atoms with E-state index in [2.05, 4.69) is 89.4 Å². The molecule has 0 fully saturated rings. The summed E-state index contributed by atoms with van der Waals surface area (Å²) in [4.78, 5) is 4.86. The van der Waals surface area contributed by atoms with Gasteiger partial charge in [-0.25, -0.2) is 14.8 Å². The Hall–Kier alpha value is -3.35. The van der Waals surface area contributed by atoms with E-state index in [9.17, 15) is 0 Å². The molecule has 2 heterocycles. The molecule has 0 atom stereocenters. The largest absolute Gasteiger partial charge is 0.245 e. The van der Waals surface area contributed by atoms with Crippen LogP contribution in [-0.4, -0.2) is 35.4 Å². The highest BCUT2D eigenvalue weighted by Crippen LogP contribution is 2.19. The van der Waals surface area contributed by atoms with Gasteiger partial charge in [-0.2, -0.15) is 5.10 Å². The van der Waals surface area contributed by atoms with Crippen molar-refractivity contribution in [3.8, 4) is 11.4 Å². The minimum absolute atomic E-state index is 0.553. The average molecular weight is 444 g/mol. The van der Waals surface area contributed by atoms with E-state index in [1.807, 2.05) is 12.1 Å². The van der Waals surface area contributed by atoms with Crippen LogP contribution in [0.1, 0.15) is 62.5 Å². The summed E-state index contributed by atoms with van der Waals surface area (Å²) in [5.41, 5.74) is 4.73. The van der Waals surface area contributed by atoms with Crippen LogP contribution in [0.5, 0.6) is 0 Å². The molecular weight excluding hydrogens is 410 g/mol. The third-order valence-electron chi connectivity index (χ3n) is 5.64. The van der Waals surface area contributed by atoms with Crippen LogP contribution in [0.3, 0.4) is 0 Å². The van der Waals surface area contributed by atoms with Crippen LogP contribution in [0, 0.1) is 11.8 Å². The third kappa shape index (κ3) is 6.34. The Morgan fingerprint density at radius 2 is 1.70 bits per heavy atom. The quantitative estimate of drug-likeness (QED) is 0.377. The molecule has 2 aromatic heterocycles. The number of aromatic nitrogens is 7. The van der Waals surface area contributed by atoms with Crippen molar-refractivity contribution in [2.45, 2.75) is 59.9 Å². The van der Waals surface area contributed by atoms with E-state index in [0.29, 0.717) is 17.7 Å². The molecule has 0 radical (unpaired) electrons. The minimum Gasteiger partial charge on any atom is -0.245 e. The van der Waals surface area contributed by atoms with Gasteiger partial charge in [-0.3, -0.25) is 0 Å². The molecule has 1 N–H and O–H groups in total. The number of H-pyrrole nitrogens is 1. The number of benzene rings is 2. The summed E-state index contributed by atoms with van der Waals surface area (Å²) in [6.07, 6.45) is 3.87. The number of aryl methyl sites for hydroxylation is 1. The lowest BCUT2D eigenvalue weighted by atomic mass is 10.0. The molecule has 0 unspecified atom stereocenters. The van der Waals surface area contributed by atoms with Gasteiger partial charge < -0.3 is 0 Å². The number of hydrogen-bond donors (Lipinski definition) is 1. The number of nitrogens with zero attached hydrogens (tertiary/aromatic N) is 6. The van der Waals surface area contributed by atoms with Gasteiger partial charge in [0.05, 0.1) is 6.54 Å². The highest BCUT2D eigenvalue weighted by atomic mass is 15.5. The Labute approximate surface area is 195 Å². The Kier molecular flexibility index (Phi) is 7.27. The van der Waals surface area contributed by atoms with Crippen molar-refractivity contribution >= 4 is 0 Å². The van der Waals surface area contributed by atoms with Gasteiger partial charge in [-0.05, 0) is 57.9 Å². The van der Waals surface area contributed by atoms with Crippen molar-refractivity contribution in [1.29, 1.82) is 0 Å². The first-order valence-corrected chi connectivity index (χ1v) is 11.8. The van der Waals surface area contributed by atoms with Crippen LogP contribution in [0.2, 0.25) is 0 Å². The lowest BCUT2D eigenvalue weighted by Gasteiger charge is -2.09. The van der Waals surface area contributed by atoms with E-state index < -0.39 is 0 Å². The van der Waals surface area contributed by atoms with Crippen LogP contribution in [-0.2, 0) is 25.8 Å². The van der Waals surface area contributed by atoms with E-state index in [-0.39, 0.29) is 0 Å². The number of nitrogens with one attached hydrogen (secondary N) is 1. The number of tetrazole rings is 1. The molecule has 0 aliphatic heterocycles. The van der Waals surface area contributed by atoms with Crippen LogP contribution in [0.15, 0.2) is 48.5 Å². The second-order valence-corrected chi connectivity index (χ2v) is 9.58. The number of aromatic amines is 1. The van der Waals surface area contributed by atoms with Crippen molar-refractivity contribution in [3.05, 3.63) is 76.9 Å². The van der Waals surface area contributed by atoms with E-state index in [0.717, 1.165) is 49.4 Å². The molecular formula is C26H33N7. The number of rotatable bonds is 10. The lowest BCUT2D eigenvalue weighted by Crippen LogP contribution is -2.09. The third-order valence-corrected chi connectivity index (χ3v) is 5.64. The van der Waals surface area contributed by atoms with Crippen LogP contribution in [0.4, 0.5) is 0 Å². The van der Waals surface area contributed by atoms with Gasteiger partial charge in [0.25, 0.3) is 0 Å². The monoisotopic (exact) mass is 443 g/mol. The van der Waals surface area contributed by atoms with Gasteiger partial charge in [0, 0.05) is 18.4 Å². The zero-order valence-corrected chi connectivity index (χ0v) is 20.0.